The lowest BCUT2D eigenvalue weighted by atomic mass is 10.3. The first kappa shape index (κ1) is 14.3. The van der Waals surface area contributed by atoms with Gasteiger partial charge in [-0.05, 0) is 6.92 Å². The Labute approximate surface area is 120 Å². The number of ether oxygens (including phenoxy) is 1. The van der Waals surface area contributed by atoms with E-state index in [0.717, 1.165) is 5.69 Å². The van der Waals surface area contributed by atoms with Crippen LogP contribution in [-0.4, -0.2) is 32.3 Å². The number of esters is 1. The van der Waals surface area contributed by atoms with Crippen molar-refractivity contribution in [3.8, 4) is 0 Å². The number of nitrogens with two attached hydrogens (primary N) is 1. The predicted octanol–water partition coefficient (Wildman–Crippen LogP) is 1.26. The number of aryl methyl sites for hydroxylation is 1. The molecule has 7 nitrogen and oxygen atoms in total. The van der Waals surface area contributed by atoms with Crippen molar-refractivity contribution >= 4 is 23.5 Å². The summed E-state index contributed by atoms with van der Waals surface area (Å²) in [6, 6.07) is 0. The molecule has 2 heterocycles. The summed E-state index contributed by atoms with van der Waals surface area (Å²) in [4.78, 5) is 19.9. The highest BCUT2D eigenvalue weighted by molar-refractivity contribution is 7.98. The second-order valence-electron chi connectivity index (χ2n) is 3.88. The largest absolute Gasteiger partial charge is 0.462 e. The monoisotopic (exact) mass is 293 g/mol. The topological polar surface area (TPSA) is 95.9 Å². The molecule has 2 N–H and O–H groups in total. The molecule has 0 fully saturated rings. The average Bonchev–Trinajstić information content (AvgIpc) is 2.79. The average molecular weight is 293 g/mol. The van der Waals surface area contributed by atoms with Crippen LogP contribution in [0.25, 0.3) is 0 Å². The van der Waals surface area contributed by atoms with Crippen LogP contribution in [0.15, 0.2) is 23.6 Å². The van der Waals surface area contributed by atoms with E-state index in [1.807, 2.05) is 0 Å². The predicted molar refractivity (Wildman–Crippen MR) is 75.2 cm³/mol. The molecule has 0 spiro atoms. The van der Waals surface area contributed by atoms with Gasteiger partial charge in [-0.2, -0.15) is 5.10 Å². The third kappa shape index (κ3) is 3.08. The van der Waals surface area contributed by atoms with Crippen molar-refractivity contribution in [2.45, 2.75) is 17.7 Å². The maximum atomic E-state index is 11.8. The van der Waals surface area contributed by atoms with Crippen LogP contribution >= 0.6 is 11.8 Å². The molecule has 2 aromatic heterocycles. The molecule has 0 aliphatic carbocycles. The fourth-order valence-electron chi connectivity index (χ4n) is 1.60. The Morgan fingerprint density at radius 3 is 2.90 bits per heavy atom. The van der Waals surface area contributed by atoms with Crippen LogP contribution in [0.5, 0.6) is 0 Å². The van der Waals surface area contributed by atoms with E-state index in [1.165, 1.54) is 24.2 Å². The Morgan fingerprint density at radius 2 is 2.20 bits per heavy atom. The van der Waals surface area contributed by atoms with Crippen LogP contribution in [0.3, 0.4) is 0 Å². The van der Waals surface area contributed by atoms with E-state index in [9.17, 15) is 4.79 Å². The third-order valence-electron chi connectivity index (χ3n) is 2.59. The lowest BCUT2D eigenvalue weighted by Gasteiger charge is -2.06. The Morgan fingerprint density at radius 1 is 1.45 bits per heavy atom. The summed E-state index contributed by atoms with van der Waals surface area (Å²) in [7, 11) is 1.78. The number of carbonyl (C=O) groups is 1. The first-order chi connectivity index (χ1) is 9.63. The lowest BCUT2D eigenvalue weighted by Crippen LogP contribution is -2.08. The van der Waals surface area contributed by atoms with Gasteiger partial charge in [0.25, 0.3) is 0 Å². The third-order valence-corrected chi connectivity index (χ3v) is 3.60. The van der Waals surface area contributed by atoms with E-state index in [0.29, 0.717) is 28.8 Å². The normalized spacial score (nSPS) is 10.5. The number of hydrogen-bond donors (Lipinski definition) is 1. The molecule has 0 saturated carbocycles. The second-order valence-corrected chi connectivity index (χ2v) is 4.85. The summed E-state index contributed by atoms with van der Waals surface area (Å²) >= 11 is 1.40. The highest BCUT2D eigenvalue weighted by atomic mass is 32.2. The molecule has 0 aliphatic heterocycles. The molecule has 2 rings (SSSR count). The Bertz CT molecular complexity index is 614. The molecule has 0 amide bonds. The Balaban J connectivity index is 2.15. The van der Waals surface area contributed by atoms with Crippen LogP contribution in [0.1, 0.15) is 23.0 Å². The summed E-state index contributed by atoms with van der Waals surface area (Å²) in [5.41, 5.74) is 6.96. The molecular weight excluding hydrogens is 278 g/mol. The summed E-state index contributed by atoms with van der Waals surface area (Å²) in [5, 5.41) is 4.72. The van der Waals surface area contributed by atoms with Crippen molar-refractivity contribution in [2.24, 2.45) is 7.05 Å². The van der Waals surface area contributed by atoms with Crippen LogP contribution in [0.4, 0.5) is 5.82 Å². The molecule has 0 aromatic carbocycles. The maximum Gasteiger partial charge on any atom is 0.341 e. The molecule has 0 unspecified atom stereocenters. The highest BCUT2D eigenvalue weighted by Gasteiger charge is 2.17. The zero-order valence-corrected chi connectivity index (χ0v) is 12.1. The SMILES string of the molecule is CCOC(=O)c1cnn(C)c1CSc1nccnc1N. The number of hydrogen-bond acceptors (Lipinski definition) is 7. The Hall–Kier alpha value is -2.09. The van der Waals surface area contributed by atoms with Gasteiger partial charge in [-0.1, -0.05) is 11.8 Å². The minimum absolute atomic E-state index is 0.331. The van der Waals surface area contributed by atoms with Crippen LogP contribution in [0.2, 0.25) is 0 Å². The van der Waals surface area contributed by atoms with Gasteiger partial charge in [0.05, 0.1) is 18.5 Å². The lowest BCUT2D eigenvalue weighted by molar-refractivity contribution is 0.0525. The maximum absolute atomic E-state index is 11.8. The van der Waals surface area contributed by atoms with Gasteiger partial charge in [0, 0.05) is 25.2 Å². The second kappa shape index (κ2) is 6.38. The fraction of sp³-hybridized carbons (Fsp3) is 0.333. The van der Waals surface area contributed by atoms with Gasteiger partial charge >= 0.3 is 5.97 Å². The van der Waals surface area contributed by atoms with Gasteiger partial charge < -0.3 is 10.5 Å². The van der Waals surface area contributed by atoms with E-state index < -0.39 is 0 Å². The van der Waals surface area contributed by atoms with E-state index in [2.05, 4.69) is 15.1 Å². The molecule has 106 valence electrons. The molecule has 2 aromatic rings. The minimum Gasteiger partial charge on any atom is -0.462 e. The van der Waals surface area contributed by atoms with Crippen molar-refractivity contribution in [1.82, 2.24) is 19.7 Å². The fourth-order valence-corrected chi connectivity index (χ4v) is 2.55. The molecular formula is C12H15N5O2S. The van der Waals surface area contributed by atoms with Crippen molar-refractivity contribution in [3.63, 3.8) is 0 Å². The quantitative estimate of drug-likeness (QED) is 0.655. The smallest absolute Gasteiger partial charge is 0.341 e. The zero-order chi connectivity index (χ0) is 14.5. The van der Waals surface area contributed by atoms with Crippen LogP contribution < -0.4 is 5.73 Å². The first-order valence-corrected chi connectivity index (χ1v) is 6.99. The number of thioether (sulfide) groups is 1. The summed E-state index contributed by atoms with van der Waals surface area (Å²) < 4.78 is 6.65. The van der Waals surface area contributed by atoms with E-state index in [1.54, 1.807) is 24.9 Å². The van der Waals surface area contributed by atoms with Gasteiger partial charge in [0.1, 0.15) is 10.6 Å². The number of nitrogens with zero attached hydrogens (tertiary/aromatic N) is 4. The van der Waals surface area contributed by atoms with Gasteiger partial charge in [-0.3, -0.25) is 4.68 Å². The van der Waals surface area contributed by atoms with Gasteiger partial charge in [0.2, 0.25) is 0 Å². The van der Waals surface area contributed by atoms with Crippen molar-refractivity contribution in [3.05, 3.63) is 29.8 Å². The molecule has 0 radical (unpaired) electrons. The molecule has 0 bridgehead atoms. The number of nitrogen functional groups attached to an aromatic ring is 1. The van der Waals surface area contributed by atoms with Gasteiger partial charge in [0.15, 0.2) is 5.82 Å². The van der Waals surface area contributed by atoms with Gasteiger partial charge in [-0.15, -0.1) is 0 Å². The highest BCUT2D eigenvalue weighted by Crippen LogP contribution is 2.25. The van der Waals surface area contributed by atoms with Crippen molar-refractivity contribution < 1.29 is 9.53 Å². The molecule has 0 aliphatic rings. The minimum atomic E-state index is -0.372. The summed E-state index contributed by atoms with van der Waals surface area (Å²) in [6.07, 6.45) is 4.62. The standard InChI is InChI=1S/C12H15N5O2S/c1-3-19-12(18)8-6-16-17(2)9(8)7-20-11-10(13)14-4-5-15-11/h4-6H,3,7H2,1-2H3,(H2,13,14). The molecule has 0 atom stereocenters. The molecule has 20 heavy (non-hydrogen) atoms. The summed E-state index contributed by atoms with van der Waals surface area (Å²) in [6.45, 7) is 2.10. The van der Waals surface area contributed by atoms with E-state index in [4.69, 9.17) is 10.5 Å². The Kier molecular flexibility index (Phi) is 4.57. The number of rotatable bonds is 5. The van der Waals surface area contributed by atoms with Crippen LogP contribution in [-0.2, 0) is 17.5 Å². The molecule has 8 heteroatoms. The van der Waals surface area contributed by atoms with Crippen LogP contribution in [0, 0.1) is 0 Å². The van der Waals surface area contributed by atoms with Crippen molar-refractivity contribution in [1.29, 1.82) is 0 Å². The van der Waals surface area contributed by atoms with E-state index in [-0.39, 0.29) is 5.97 Å². The first-order valence-electron chi connectivity index (χ1n) is 6.00. The number of anilines is 1. The van der Waals surface area contributed by atoms with Crippen molar-refractivity contribution in [2.75, 3.05) is 12.3 Å². The number of aromatic nitrogens is 4. The van der Waals surface area contributed by atoms with Gasteiger partial charge in [-0.25, -0.2) is 14.8 Å². The number of carbonyl (C=O) groups excluding carboxylic acids is 1. The zero-order valence-electron chi connectivity index (χ0n) is 11.2. The molecule has 0 saturated heterocycles. The van der Waals surface area contributed by atoms with E-state index >= 15 is 0 Å². The summed E-state index contributed by atoms with van der Waals surface area (Å²) in [5.74, 6) is 0.508.